The lowest BCUT2D eigenvalue weighted by Gasteiger charge is -1.98. The Bertz CT molecular complexity index is 614. The van der Waals surface area contributed by atoms with Gasteiger partial charge in [-0.3, -0.25) is 0 Å². The van der Waals surface area contributed by atoms with Crippen LogP contribution < -0.4 is 0 Å². The average molecular weight is 251 g/mol. The predicted octanol–water partition coefficient (Wildman–Crippen LogP) is 1.32. The molecule has 0 bridgehead atoms. The summed E-state index contributed by atoms with van der Waals surface area (Å²) in [6.07, 6.45) is 3.47. The molecular formula is C11H13N3O2S. The number of rotatable bonds is 3. The standard InChI is InChI=1S/C11H13N3O2S/c1-3-9-4-6-10(7-5-9)11-8-14(13-12-11)17(2,15)16/h4-8H,3H2,1-2H3. The normalized spacial score (nSPS) is 11.6. The monoisotopic (exact) mass is 251 g/mol. The molecule has 0 radical (unpaired) electrons. The van der Waals surface area contributed by atoms with Gasteiger partial charge in [0.05, 0.1) is 12.5 Å². The minimum absolute atomic E-state index is 0.554. The van der Waals surface area contributed by atoms with Crippen LogP contribution in [0, 0.1) is 0 Å². The van der Waals surface area contributed by atoms with Crippen molar-refractivity contribution in [3.8, 4) is 11.3 Å². The Labute approximate surface area is 100 Å². The van der Waals surface area contributed by atoms with Gasteiger partial charge in [-0.2, -0.15) is 0 Å². The molecule has 17 heavy (non-hydrogen) atoms. The van der Waals surface area contributed by atoms with Crippen LogP contribution in [-0.2, 0) is 16.4 Å². The first-order valence-electron chi connectivity index (χ1n) is 5.23. The van der Waals surface area contributed by atoms with Crippen molar-refractivity contribution >= 4 is 10.0 Å². The molecule has 2 rings (SSSR count). The molecule has 0 unspecified atom stereocenters. The van der Waals surface area contributed by atoms with E-state index in [1.54, 1.807) is 0 Å². The second kappa shape index (κ2) is 4.29. The van der Waals surface area contributed by atoms with Crippen LogP contribution in [0.15, 0.2) is 30.5 Å². The van der Waals surface area contributed by atoms with E-state index < -0.39 is 10.0 Å². The fourth-order valence-electron chi connectivity index (χ4n) is 1.45. The largest absolute Gasteiger partial charge is 0.252 e. The molecule has 1 aromatic heterocycles. The molecule has 0 aliphatic rings. The van der Waals surface area contributed by atoms with E-state index in [-0.39, 0.29) is 0 Å². The van der Waals surface area contributed by atoms with Gasteiger partial charge in [0, 0.05) is 5.56 Å². The van der Waals surface area contributed by atoms with Crippen molar-refractivity contribution < 1.29 is 8.42 Å². The maximum Gasteiger partial charge on any atom is 0.252 e. The van der Waals surface area contributed by atoms with Gasteiger partial charge in [-0.15, -0.1) is 9.19 Å². The van der Waals surface area contributed by atoms with E-state index in [0.29, 0.717) is 5.69 Å². The van der Waals surface area contributed by atoms with Crippen molar-refractivity contribution in [2.45, 2.75) is 13.3 Å². The molecule has 1 heterocycles. The lowest BCUT2D eigenvalue weighted by Crippen LogP contribution is -2.10. The fraction of sp³-hybridized carbons (Fsp3) is 0.273. The van der Waals surface area contributed by atoms with Crippen molar-refractivity contribution in [3.05, 3.63) is 36.0 Å². The third-order valence-corrected chi connectivity index (χ3v) is 3.33. The highest BCUT2D eigenvalue weighted by atomic mass is 32.2. The molecule has 5 nitrogen and oxygen atoms in total. The Balaban J connectivity index is 2.37. The van der Waals surface area contributed by atoms with E-state index in [4.69, 9.17) is 0 Å². The van der Waals surface area contributed by atoms with E-state index in [1.165, 1.54) is 11.8 Å². The first kappa shape index (κ1) is 11.8. The molecule has 0 fully saturated rings. The topological polar surface area (TPSA) is 64.8 Å². The summed E-state index contributed by atoms with van der Waals surface area (Å²) in [6.45, 7) is 2.08. The van der Waals surface area contributed by atoms with Crippen molar-refractivity contribution in [2.75, 3.05) is 6.26 Å². The van der Waals surface area contributed by atoms with Crippen molar-refractivity contribution in [1.29, 1.82) is 0 Å². The summed E-state index contributed by atoms with van der Waals surface area (Å²) in [5.41, 5.74) is 2.64. The first-order valence-corrected chi connectivity index (χ1v) is 7.07. The van der Waals surface area contributed by atoms with Gasteiger partial charge in [-0.25, -0.2) is 8.42 Å². The van der Waals surface area contributed by atoms with Gasteiger partial charge < -0.3 is 0 Å². The molecule has 90 valence electrons. The Morgan fingerprint density at radius 2 is 1.88 bits per heavy atom. The van der Waals surface area contributed by atoms with Crippen molar-refractivity contribution in [1.82, 2.24) is 14.4 Å². The fourth-order valence-corrected chi connectivity index (χ4v) is 1.91. The Morgan fingerprint density at radius 3 is 2.35 bits per heavy atom. The molecule has 0 atom stereocenters. The Kier molecular flexibility index (Phi) is 2.97. The van der Waals surface area contributed by atoms with Gasteiger partial charge in [0.25, 0.3) is 10.0 Å². The Hall–Kier alpha value is -1.69. The van der Waals surface area contributed by atoms with E-state index in [9.17, 15) is 8.42 Å². The number of nitrogens with zero attached hydrogens (tertiary/aromatic N) is 3. The highest BCUT2D eigenvalue weighted by Gasteiger charge is 2.10. The lowest BCUT2D eigenvalue weighted by atomic mass is 10.1. The van der Waals surface area contributed by atoms with Gasteiger partial charge in [0.15, 0.2) is 0 Å². The third kappa shape index (κ3) is 2.52. The first-order chi connectivity index (χ1) is 8.00. The van der Waals surface area contributed by atoms with E-state index in [0.717, 1.165) is 22.3 Å². The summed E-state index contributed by atoms with van der Waals surface area (Å²) in [5.74, 6) is 0. The van der Waals surface area contributed by atoms with Crippen molar-refractivity contribution in [2.24, 2.45) is 0 Å². The summed E-state index contributed by atoms with van der Waals surface area (Å²) in [6, 6.07) is 7.81. The zero-order valence-corrected chi connectivity index (χ0v) is 10.5. The number of hydrogen-bond acceptors (Lipinski definition) is 4. The maximum atomic E-state index is 11.2. The summed E-state index contributed by atoms with van der Waals surface area (Å²) < 4.78 is 23.3. The Morgan fingerprint density at radius 1 is 1.24 bits per heavy atom. The van der Waals surface area contributed by atoms with Gasteiger partial charge >= 0.3 is 0 Å². The molecule has 6 heteroatoms. The SMILES string of the molecule is CCc1ccc(-c2cn(S(C)(=O)=O)nn2)cc1. The van der Waals surface area contributed by atoms with E-state index >= 15 is 0 Å². The van der Waals surface area contributed by atoms with Crippen LogP contribution >= 0.6 is 0 Å². The van der Waals surface area contributed by atoms with Gasteiger partial charge in [-0.1, -0.05) is 36.4 Å². The van der Waals surface area contributed by atoms with Gasteiger partial charge in [0.2, 0.25) is 0 Å². The molecule has 0 N–H and O–H groups in total. The van der Waals surface area contributed by atoms with Crippen LogP contribution in [0.1, 0.15) is 12.5 Å². The molecular weight excluding hydrogens is 238 g/mol. The molecule has 0 aliphatic heterocycles. The second-order valence-corrected chi connectivity index (χ2v) is 5.63. The minimum atomic E-state index is -3.36. The highest BCUT2D eigenvalue weighted by molar-refractivity contribution is 7.89. The van der Waals surface area contributed by atoms with Crippen LogP contribution in [0.3, 0.4) is 0 Å². The number of aryl methyl sites for hydroxylation is 1. The molecule has 0 saturated carbocycles. The van der Waals surface area contributed by atoms with E-state index in [2.05, 4.69) is 17.2 Å². The van der Waals surface area contributed by atoms with Crippen molar-refractivity contribution in [3.63, 3.8) is 0 Å². The molecule has 1 aromatic carbocycles. The smallest absolute Gasteiger partial charge is 0.205 e. The molecule has 0 spiro atoms. The molecule has 0 aliphatic carbocycles. The van der Waals surface area contributed by atoms with Crippen LogP contribution in [0.4, 0.5) is 0 Å². The predicted molar refractivity (Wildman–Crippen MR) is 65.1 cm³/mol. The molecule has 0 amide bonds. The second-order valence-electron chi connectivity index (χ2n) is 3.79. The number of benzene rings is 1. The van der Waals surface area contributed by atoms with Crippen LogP contribution in [0.25, 0.3) is 11.3 Å². The number of aromatic nitrogens is 3. The summed E-state index contributed by atoms with van der Waals surface area (Å²) in [4.78, 5) is 0. The van der Waals surface area contributed by atoms with Crippen LogP contribution in [0.2, 0.25) is 0 Å². The highest BCUT2D eigenvalue weighted by Crippen LogP contribution is 2.17. The molecule has 2 aromatic rings. The summed E-state index contributed by atoms with van der Waals surface area (Å²) >= 11 is 0. The number of hydrogen-bond donors (Lipinski definition) is 0. The third-order valence-electron chi connectivity index (χ3n) is 2.47. The van der Waals surface area contributed by atoms with Crippen LogP contribution in [-0.4, -0.2) is 29.1 Å². The minimum Gasteiger partial charge on any atom is -0.205 e. The zero-order chi connectivity index (χ0) is 12.5. The van der Waals surface area contributed by atoms with E-state index in [1.807, 2.05) is 24.3 Å². The average Bonchev–Trinajstić information content (AvgIpc) is 2.78. The maximum absolute atomic E-state index is 11.2. The van der Waals surface area contributed by atoms with Crippen LogP contribution in [0.5, 0.6) is 0 Å². The lowest BCUT2D eigenvalue weighted by molar-refractivity contribution is 0.583. The quantitative estimate of drug-likeness (QED) is 0.825. The molecule has 0 saturated heterocycles. The van der Waals surface area contributed by atoms with Gasteiger partial charge in [-0.05, 0) is 12.0 Å². The van der Waals surface area contributed by atoms with Gasteiger partial charge in [0.1, 0.15) is 5.69 Å². The summed E-state index contributed by atoms with van der Waals surface area (Å²) in [7, 11) is -3.36. The summed E-state index contributed by atoms with van der Waals surface area (Å²) in [5, 5.41) is 7.43. The zero-order valence-electron chi connectivity index (χ0n) is 9.66.